The number of nitrogens with zero attached hydrogens (tertiary/aromatic N) is 2. The fraction of sp³-hybridized carbons (Fsp3) is 0.182. The summed E-state index contributed by atoms with van der Waals surface area (Å²) in [7, 11) is 0. The molecular weight excluding hydrogens is 534 g/mol. The first-order valence-corrected chi connectivity index (χ1v) is 14.1. The van der Waals surface area contributed by atoms with Gasteiger partial charge in [-0.15, -0.1) is 0 Å². The molecular formula is C33H31N3O4S. The quantitative estimate of drug-likeness (QED) is 0.168. The molecule has 0 unspecified atom stereocenters. The fourth-order valence-electron chi connectivity index (χ4n) is 4.86. The van der Waals surface area contributed by atoms with Crippen molar-refractivity contribution in [1.82, 2.24) is 14.9 Å². The van der Waals surface area contributed by atoms with Gasteiger partial charge in [0.25, 0.3) is 11.9 Å². The Bertz CT molecular complexity index is 1670. The second kappa shape index (κ2) is 12.7. The zero-order valence-electron chi connectivity index (χ0n) is 22.7. The molecule has 0 radical (unpaired) electrons. The molecule has 1 heterocycles. The lowest BCUT2D eigenvalue weighted by molar-refractivity contribution is 0.0697. The Morgan fingerprint density at radius 3 is 2.39 bits per heavy atom. The van der Waals surface area contributed by atoms with Crippen molar-refractivity contribution < 1.29 is 19.4 Å². The van der Waals surface area contributed by atoms with Gasteiger partial charge in [0.1, 0.15) is 0 Å². The summed E-state index contributed by atoms with van der Waals surface area (Å²) in [5.74, 6) is -0.611. The topological polar surface area (TPSA) is 93.5 Å². The number of thiol groups is 1. The molecule has 1 amide bonds. The number of benzene rings is 4. The summed E-state index contributed by atoms with van der Waals surface area (Å²) >= 11 is 4.45. The maximum Gasteiger partial charge on any atom is 0.336 e. The van der Waals surface area contributed by atoms with Crippen LogP contribution < -0.4 is 10.1 Å². The molecule has 2 N–H and O–H groups in total. The third kappa shape index (κ3) is 6.44. The van der Waals surface area contributed by atoms with E-state index in [1.165, 1.54) is 0 Å². The summed E-state index contributed by atoms with van der Waals surface area (Å²) in [5, 5.41) is 12.6. The Balaban J connectivity index is 1.37. The van der Waals surface area contributed by atoms with Gasteiger partial charge in [-0.05, 0) is 59.9 Å². The van der Waals surface area contributed by atoms with Crippen LogP contribution >= 0.6 is 12.6 Å². The minimum Gasteiger partial charge on any atom is -0.478 e. The van der Waals surface area contributed by atoms with Crippen molar-refractivity contribution in [3.63, 3.8) is 0 Å². The van der Waals surface area contributed by atoms with E-state index in [1.54, 1.807) is 24.3 Å². The molecule has 0 aliphatic carbocycles. The first-order chi connectivity index (χ1) is 20.0. The van der Waals surface area contributed by atoms with Crippen LogP contribution in [-0.2, 0) is 13.0 Å². The summed E-state index contributed by atoms with van der Waals surface area (Å²) in [6, 6.07) is 30.6. The molecule has 8 heteroatoms. The van der Waals surface area contributed by atoms with Crippen molar-refractivity contribution in [2.24, 2.45) is 0 Å². The van der Waals surface area contributed by atoms with Crippen molar-refractivity contribution in [3.05, 3.63) is 119 Å². The molecule has 0 saturated carbocycles. The van der Waals surface area contributed by atoms with E-state index in [0.717, 1.165) is 22.2 Å². The highest BCUT2D eigenvalue weighted by molar-refractivity contribution is 7.80. The molecule has 1 atom stereocenters. The number of hydrogen-bond donors (Lipinski definition) is 3. The number of imidazole rings is 1. The molecule has 4 aromatic carbocycles. The SMILES string of the molecule is CCOc1nc2cc(C(=O)N[C@@H](CS)Cc3ccccc3)ccc2n1Cc1ccc(-c2ccccc2C(=O)O)cc1. The van der Waals surface area contributed by atoms with Crippen LogP contribution in [0.5, 0.6) is 6.01 Å². The minimum absolute atomic E-state index is 0.106. The van der Waals surface area contributed by atoms with Crippen molar-refractivity contribution in [3.8, 4) is 17.1 Å². The number of ether oxygens (including phenoxy) is 1. The van der Waals surface area contributed by atoms with Crippen LogP contribution in [0, 0.1) is 0 Å². The first-order valence-electron chi connectivity index (χ1n) is 13.5. The zero-order valence-corrected chi connectivity index (χ0v) is 23.6. The second-order valence-corrected chi connectivity index (χ2v) is 10.1. The molecule has 5 aromatic rings. The Hall–Kier alpha value is -4.56. The number of fused-ring (bicyclic) bond motifs is 1. The van der Waals surface area contributed by atoms with Crippen LogP contribution in [0.1, 0.15) is 38.8 Å². The molecule has 41 heavy (non-hydrogen) atoms. The number of amides is 1. The van der Waals surface area contributed by atoms with Gasteiger partial charge in [0.05, 0.1) is 29.7 Å². The van der Waals surface area contributed by atoms with E-state index in [0.29, 0.717) is 48.0 Å². The second-order valence-electron chi connectivity index (χ2n) is 9.71. The van der Waals surface area contributed by atoms with Crippen molar-refractivity contribution >= 4 is 35.5 Å². The van der Waals surface area contributed by atoms with Crippen LogP contribution in [0.25, 0.3) is 22.2 Å². The van der Waals surface area contributed by atoms with E-state index in [2.05, 4.69) is 22.9 Å². The van der Waals surface area contributed by atoms with E-state index >= 15 is 0 Å². The molecule has 0 spiro atoms. The molecule has 0 bridgehead atoms. The van der Waals surface area contributed by atoms with Crippen LogP contribution in [0.15, 0.2) is 97.1 Å². The van der Waals surface area contributed by atoms with E-state index in [4.69, 9.17) is 4.74 Å². The largest absolute Gasteiger partial charge is 0.478 e. The van der Waals surface area contributed by atoms with Gasteiger partial charge in [-0.2, -0.15) is 17.6 Å². The number of nitrogens with one attached hydrogen (secondary N) is 1. The fourth-order valence-corrected chi connectivity index (χ4v) is 5.08. The van der Waals surface area contributed by atoms with Crippen molar-refractivity contribution in [1.29, 1.82) is 0 Å². The van der Waals surface area contributed by atoms with Crippen LogP contribution in [0.3, 0.4) is 0 Å². The maximum absolute atomic E-state index is 13.1. The highest BCUT2D eigenvalue weighted by Gasteiger charge is 2.18. The van der Waals surface area contributed by atoms with Crippen molar-refractivity contribution in [2.75, 3.05) is 12.4 Å². The molecule has 0 fully saturated rings. The summed E-state index contributed by atoms with van der Waals surface area (Å²) in [4.78, 5) is 29.5. The van der Waals surface area contributed by atoms with Crippen molar-refractivity contribution in [2.45, 2.75) is 25.9 Å². The zero-order chi connectivity index (χ0) is 28.8. The standard InChI is InChI=1S/C33H31N3O4S/c1-2-40-33-35-29-19-25(31(37)34-26(21-41)18-22-8-4-3-5-9-22)16-17-30(29)36(33)20-23-12-14-24(15-13-23)27-10-6-7-11-28(27)32(38)39/h3-17,19,26,41H,2,18,20-21H2,1H3,(H,34,37)(H,38,39)/t26-/m1/s1. The lowest BCUT2D eigenvalue weighted by Crippen LogP contribution is -2.37. The van der Waals surface area contributed by atoms with Gasteiger partial charge < -0.3 is 15.2 Å². The van der Waals surface area contributed by atoms with E-state index < -0.39 is 5.97 Å². The number of carbonyl (C=O) groups excluding carboxylic acids is 1. The number of aromatic carboxylic acids is 1. The smallest absolute Gasteiger partial charge is 0.336 e. The van der Waals surface area contributed by atoms with Gasteiger partial charge in [0.2, 0.25) is 0 Å². The lowest BCUT2D eigenvalue weighted by atomic mass is 9.99. The molecule has 208 valence electrons. The first kappa shape index (κ1) is 28.0. The van der Waals surface area contributed by atoms with Gasteiger partial charge in [-0.25, -0.2) is 4.79 Å². The average Bonchev–Trinajstić information content (AvgIpc) is 3.33. The van der Waals surface area contributed by atoms with Crippen LogP contribution in [0.2, 0.25) is 0 Å². The molecule has 5 rings (SSSR count). The minimum atomic E-state index is -0.957. The Morgan fingerprint density at radius 2 is 1.68 bits per heavy atom. The van der Waals surface area contributed by atoms with Crippen LogP contribution in [-0.4, -0.2) is 44.9 Å². The predicted molar refractivity (Wildman–Crippen MR) is 164 cm³/mol. The maximum atomic E-state index is 13.1. The Morgan fingerprint density at radius 1 is 0.951 bits per heavy atom. The van der Waals surface area contributed by atoms with Gasteiger partial charge in [-0.3, -0.25) is 9.36 Å². The Kier molecular flexibility index (Phi) is 8.70. The molecule has 0 saturated heterocycles. The summed E-state index contributed by atoms with van der Waals surface area (Å²) in [5.41, 5.74) is 5.94. The number of aromatic nitrogens is 2. The Labute approximate surface area is 244 Å². The average molecular weight is 566 g/mol. The van der Waals surface area contributed by atoms with Gasteiger partial charge >= 0.3 is 5.97 Å². The number of carbonyl (C=O) groups is 2. The molecule has 0 aliphatic heterocycles. The number of rotatable bonds is 11. The highest BCUT2D eigenvalue weighted by Crippen LogP contribution is 2.27. The monoisotopic (exact) mass is 565 g/mol. The van der Waals surface area contributed by atoms with Gasteiger partial charge in [-0.1, -0.05) is 72.8 Å². The number of carboxylic acid groups (broad SMARTS) is 1. The van der Waals surface area contributed by atoms with E-state index in [-0.39, 0.29) is 17.5 Å². The van der Waals surface area contributed by atoms with Crippen LogP contribution in [0.4, 0.5) is 0 Å². The summed E-state index contributed by atoms with van der Waals surface area (Å²) in [6.45, 7) is 2.85. The van der Waals surface area contributed by atoms with E-state index in [1.807, 2.05) is 84.3 Å². The number of hydrogen-bond acceptors (Lipinski definition) is 5. The third-order valence-electron chi connectivity index (χ3n) is 6.89. The predicted octanol–water partition coefficient (Wildman–Crippen LogP) is 6.12. The third-order valence-corrected chi connectivity index (χ3v) is 7.33. The number of carboxylic acids is 1. The normalized spacial score (nSPS) is 11.8. The highest BCUT2D eigenvalue weighted by atomic mass is 32.1. The van der Waals surface area contributed by atoms with Gasteiger partial charge in [0.15, 0.2) is 0 Å². The molecule has 0 aliphatic rings. The van der Waals surface area contributed by atoms with E-state index in [9.17, 15) is 14.7 Å². The summed E-state index contributed by atoms with van der Waals surface area (Å²) in [6.07, 6.45) is 0.697. The summed E-state index contributed by atoms with van der Waals surface area (Å²) < 4.78 is 7.83. The molecule has 7 nitrogen and oxygen atoms in total. The lowest BCUT2D eigenvalue weighted by Gasteiger charge is -2.17. The molecule has 1 aromatic heterocycles. The van der Waals surface area contributed by atoms with Gasteiger partial charge in [0, 0.05) is 17.4 Å².